The van der Waals surface area contributed by atoms with Gasteiger partial charge in [-0.3, -0.25) is 0 Å². The third kappa shape index (κ3) is 4.51. The largest absolute Gasteiger partial charge is 0.390 e. The number of benzene rings is 2. The van der Waals surface area contributed by atoms with Gasteiger partial charge in [-0.05, 0) is 49.3 Å². The maximum Gasteiger partial charge on any atom is 0.240 e. The predicted molar refractivity (Wildman–Crippen MR) is 100.0 cm³/mol. The monoisotopic (exact) mass is 375 g/mol. The quantitative estimate of drug-likeness (QED) is 0.661. The SMILES string of the molecule is Cc1ccc(S(=O)(=O)NCCC2CC2[C@@H](O)[C@H](O)c2ccccc2)cc1. The van der Waals surface area contributed by atoms with Gasteiger partial charge in [-0.25, -0.2) is 13.1 Å². The van der Waals surface area contributed by atoms with Crippen LogP contribution in [0.25, 0.3) is 0 Å². The molecule has 0 bridgehead atoms. The van der Waals surface area contributed by atoms with Crippen molar-refractivity contribution < 1.29 is 18.6 Å². The van der Waals surface area contributed by atoms with E-state index in [4.69, 9.17) is 0 Å². The van der Waals surface area contributed by atoms with E-state index >= 15 is 0 Å². The third-order valence-corrected chi connectivity index (χ3v) is 6.50. The molecule has 3 rings (SSSR count). The molecule has 0 spiro atoms. The molecule has 2 unspecified atom stereocenters. The number of aliphatic hydroxyl groups excluding tert-OH is 2. The molecular weight excluding hydrogens is 350 g/mol. The van der Waals surface area contributed by atoms with Gasteiger partial charge in [-0.1, -0.05) is 48.0 Å². The Labute approximate surface area is 154 Å². The summed E-state index contributed by atoms with van der Waals surface area (Å²) >= 11 is 0. The Morgan fingerprint density at radius 1 is 1.08 bits per heavy atom. The fraction of sp³-hybridized carbons (Fsp3) is 0.400. The number of aliphatic hydroxyl groups is 2. The number of aryl methyl sites for hydroxylation is 1. The second-order valence-corrected chi connectivity index (χ2v) is 8.77. The zero-order chi connectivity index (χ0) is 18.7. The molecule has 1 fully saturated rings. The lowest BCUT2D eigenvalue weighted by Gasteiger charge is -2.18. The standard InChI is InChI=1S/C20H25NO4S/c1-14-7-9-17(10-8-14)26(24,25)21-12-11-16-13-18(16)20(23)19(22)15-5-3-2-4-6-15/h2-10,16,18-23H,11-13H2,1H3/t16?,18?,19-,20-/m1/s1. The van der Waals surface area contributed by atoms with E-state index in [1.165, 1.54) is 0 Å². The smallest absolute Gasteiger partial charge is 0.240 e. The van der Waals surface area contributed by atoms with E-state index in [9.17, 15) is 18.6 Å². The van der Waals surface area contributed by atoms with Gasteiger partial charge < -0.3 is 10.2 Å². The zero-order valence-corrected chi connectivity index (χ0v) is 15.6. The van der Waals surface area contributed by atoms with Crippen LogP contribution in [0, 0.1) is 18.8 Å². The van der Waals surface area contributed by atoms with Gasteiger partial charge in [-0.15, -0.1) is 0 Å². The first-order chi connectivity index (χ1) is 12.4. The first-order valence-electron chi connectivity index (χ1n) is 8.86. The van der Waals surface area contributed by atoms with Gasteiger partial charge in [0.2, 0.25) is 10.0 Å². The van der Waals surface area contributed by atoms with Crippen LogP contribution in [0.2, 0.25) is 0 Å². The van der Waals surface area contributed by atoms with Crippen LogP contribution < -0.4 is 4.72 Å². The van der Waals surface area contributed by atoms with E-state index in [1.807, 2.05) is 25.1 Å². The van der Waals surface area contributed by atoms with Crippen LogP contribution in [0.5, 0.6) is 0 Å². The molecule has 2 aromatic rings. The fourth-order valence-corrected chi connectivity index (χ4v) is 4.33. The summed E-state index contributed by atoms with van der Waals surface area (Å²) in [6.07, 6.45) is -0.280. The van der Waals surface area contributed by atoms with Crippen LogP contribution in [-0.2, 0) is 10.0 Å². The molecule has 0 saturated heterocycles. The fourth-order valence-electron chi connectivity index (χ4n) is 3.28. The first kappa shape index (κ1) is 19.0. The molecule has 0 heterocycles. The number of hydrogen-bond acceptors (Lipinski definition) is 4. The molecule has 0 radical (unpaired) electrons. The van der Waals surface area contributed by atoms with E-state index in [-0.39, 0.29) is 16.7 Å². The van der Waals surface area contributed by atoms with Gasteiger partial charge >= 0.3 is 0 Å². The molecule has 1 aliphatic carbocycles. The minimum atomic E-state index is -3.50. The van der Waals surface area contributed by atoms with Crippen molar-refractivity contribution >= 4 is 10.0 Å². The summed E-state index contributed by atoms with van der Waals surface area (Å²) in [5, 5.41) is 20.6. The molecule has 3 N–H and O–H groups in total. The summed E-state index contributed by atoms with van der Waals surface area (Å²) in [7, 11) is -3.50. The van der Waals surface area contributed by atoms with Crippen molar-refractivity contribution in [2.24, 2.45) is 11.8 Å². The maximum absolute atomic E-state index is 12.3. The highest BCUT2D eigenvalue weighted by Crippen LogP contribution is 2.46. The highest BCUT2D eigenvalue weighted by molar-refractivity contribution is 7.89. The van der Waals surface area contributed by atoms with Gasteiger partial charge in [0, 0.05) is 6.54 Å². The average Bonchev–Trinajstić information content (AvgIpc) is 3.41. The molecule has 140 valence electrons. The third-order valence-electron chi connectivity index (χ3n) is 5.02. The van der Waals surface area contributed by atoms with Crippen molar-refractivity contribution in [2.45, 2.75) is 36.9 Å². The zero-order valence-electron chi connectivity index (χ0n) is 14.7. The van der Waals surface area contributed by atoms with Crippen molar-refractivity contribution in [2.75, 3.05) is 6.54 Å². The Hall–Kier alpha value is -1.73. The Bertz CT molecular complexity index is 821. The summed E-state index contributed by atoms with van der Waals surface area (Å²) in [4.78, 5) is 0.259. The van der Waals surface area contributed by atoms with Crippen LogP contribution in [0.3, 0.4) is 0 Å². The summed E-state index contributed by atoms with van der Waals surface area (Å²) in [6, 6.07) is 15.8. The molecule has 4 atom stereocenters. The summed E-state index contributed by atoms with van der Waals surface area (Å²) in [5.74, 6) is 0.234. The van der Waals surface area contributed by atoms with E-state index in [2.05, 4.69) is 4.72 Å². The van der Waals surface area contributed by atoms with Gasteiger partial charge in [0.15, 0.2) is 0 Å². The molecule has 0 aliphatic heterocycles. The van der Waals surface area contributed by atoms with E-state index in [0.29, 0.717) is 18.5 Å². The molecule has 1 aliphatic rings. The van der Waals surface area contributed by atoms with Crippen LogP contribution >= 0.6 is 0 Å². The summed E-state index contributed by atoms with van der Waals surface area (Å²) in [6.45, 7) is 2.23. The van der Waals surface area contributed by atoms with Gasteiger partial charge in [-0.2, -0.15) is 0 Å². The van der Waals surface area contributed by atoms with Crippen molar-refractivity contribution in [1.29, 1.82) is 0 Å². The normalized spacial score (nSPS) is 22.0. The van der Waals surface area contributed by atoms with Crippen molar-refractivity contribution in [1.82, 2.24) is 4.72 Å². The van der Waals surface area contributed by atoms with Gasteiger partial charge in [0.05, 0.1) is 11.0 Å². The number of rotatable bonds is 8. The lowest BCUT2D eigenvalue weighted by molar-refractivity contribution is 0.00135. The van der Waals surface area contributed by atoms with E-state index in [0.717, 1.165) is 12.0 Å². The number of hydrogen-bond donors (Lipinski definition) is 3. The number of sulfonamides is 1. The average molecular weight is 375 g/mol. The Morgan fingerprint density at radius 3 is 2.38 bits per heavy atom. The molecule has 0 aromatic heterocycles. The van der Waals surface area contributed by atoms with Gasteiger partial charge in [0.1, 0.15) is 6.10 Å². The topological polar surface area (TPSA) is 86.6 Å². The molecule has 2 aromatic carbocycles. The highest BCUT2D eigenvalue weighted by atomic mass is 32.2. The van der Waals surface area contributed by atoms with Crippen molar-refractivity contribution in [3.8, 4) is 0 Å². The Morgan fingerprint density at radius 2 is 1.73 bits per heavy atom. The first-order valence-corrected chi connectivity index (χ1v) is 10.3. The summed E-state index contributed by atoms with van der Waals surface area (Å²) in [5.41, 5.74) is 1.71. The second-order valence-electron chi connectivity index (χ2n) is 7.01. The van der Waals surface area contributed by atoms with Gasteiger partial charge in [0.25, 0.3) is 0 Å². The molecule has 26 heavy (non-hydrogen) atoms. The Kier molecular flexibility index (Phi) is 5.77. The highest BCUT2D eigenvalue weighted by Gasteiger charge is 2.44. The molecule has 6 heteroatoms. The van der Waals surface area contributed by atoms with E-state index < -0.39 is 22.2 Å². The predicted octanol–water partition coefficient (Wildman–Crippen LogP) is 2.39. The molecule has 0 amide bonds. The van der Waals surface area contributed by atoms with Crippen LogP contribution in [0.1, 0.15) is 30.1 Å². The molecular formula is C20H25NO4S. The minimum absolute atomic E-state index is 0.00841. The number of nitrogens with one attached hydrogen (secondary N) is 1. The minimum Gasteiger partial charge on any atom is -0.390 e. The second kappa shape index (κ2) is 7.88. The van der Waals surface area contributed by atoms with Crippen molar-refractivity contribution in [3.63, 3.8) is 0 Å². The van der Waals surface area contributed by atoms with Crippen LogP contribution in [0.4, 0.5) is 0 Å². The van der Waals surface area contributed by atoms with Crippen LogP contribution in [0.15, 0.2) is 59.5 Å². The van der Waals surface area contributed by atoms with Crippen LogP contribution in [-0.4, -0.2) is 31.3 Å². The van der Waals surface area contributed by atoms with Crippen molar-refractivity contribution in [3.05, 3.63) is 65.7 Å². The maximum atomic E-state index is 12.3. The molecule has 1 saturated carbocycles. The molecule has 5 nitrogen and oxygen atoms in total. The van der Waals surface area contributed by atoms with E-state index in [1.54, 1.807) is 36.4 Å². The Balaban J connectivity index is 1.47. The lowest BCUT2D eigenvalue weighted by atomic mass is 10.00. The summed E-state index contributed by atoms with van der Waals surface area (Å²) < 4.78 is 27.1. The lowest BCUT2D eigenvalue weighted by Crippen LogP contribution is -2.26.